The van der Waals surface area contributed by atoms with Crippen molar-refractivity contribution in [3.05, 3.63) is 64.7 Å². The molecule has 0 N–H and O–H groups in total. The predicted molar refractivity (Wildman–Crippen MR) is 139 cm³/mol. The summed E-state index contributed by atoms with van der Waals surface area (Å²) in [7, 11) is 0. The quantitative estimate of drug-likeness (QED) is 0.191. The minimum atomic E-state index is -0.408. The lowest BCUT2D eigenvalue weighted by atomic mass is 9.77. The van der Waals surface area contributed by atoms with E-state index in [2.05, 4.69) is 39.0 Å². The largest absolute Gasteiger partial charge is 0.422 e. The van der Waals surface area contributed by atoms with Crippen LogP contribution in [0.25, 0.3) is 0 Å². The number of nitrogens with zero attached hydrogens (tertiary/aromatic N) is 1. The van der Waals surface area contributed by atoms with Crippen molar-refractivity contribution in [2.75, 3.05) is 0 Å². The third kappa shape index (κ3) is 7.20. The van der Waals surface area contributed by atoms with Gasteiger partial charge in [0.25, 0.3) is 0 Å². The van der Waals surface area contributed by atoms with Crippen LogP contribution in [0.2, 0.25) is 0 Å². The molecule has 0 heterocycles. The molecule has 1 fully saturated rings. The first kappa shape index (κ1) is 26.0. The van der Waals surface area contributed by atoms with E-state index in [0.29, 0.717) is 28.7 Å². The molecule has 1 saturated carbocycles. The lowest BCUT2D eigenvalue weighted by Gasteiger charge is -2.29. The van der Waals surface area contributed by atoms with Crippen molar-refractivity contribution >= 4 is 5.97 Å². The smallest absolute Gasteiger partial charge is 0.343 e. The Morgan fingerprint density at radius 1 is 1.00 bits per heavy atom. The van der Waals surface area contributed by atoms with Crippen molar-refractivity contribution in [1.29, 1.82) is 5.26 Å². The zero-order valence-electron chi connectivity index (χ0n) is 21.3. The number of rotatable bonds is 11. The fraction of sp³-hybridized carbons (Fsp3) is 0.548. The van der Waals surface area contributed by atoms with E-state index in [1.54, 1.807) is 6.07 Å². The van der Waals surface area contributed by atoms with Crippen LogP contribution in [-0.2, 0) is 0 Å². The van der Waals surface area contributed by atoms with Crippen molar-refractivity contribution in [2.24, 2.45) is 5.92 Å². The molecule has 3 rings (SSSR count). The van der Waals surface area contributed by atoms with E-state index in [1.165, 1.54) is 56.9 Å². The Balaban J connectivity index is 1.57. The van der Waals surface area contributed by atoms with E-state index in [4.69, 9.17) is 4.74 Å². The van der Waals surface area contributed by atoms with Crippen molar-refractivity contribution in [1.82, 2.24) is 0 Å². The molecule has 0 aliphatic heterocycles. The molecule has 0 amide bonds. The lowest BCUT2D eigenvalue weighted by Crippen LogP contribution is -2.14. The van der Waals surface area contributed by atoms with Gasteiger partial charge in [0, 0.05) is 0 Å². The van der Waals surface area contributed by atoms with E-state index in [-0.39, 0.29) is 0 Å². The summed E-state index contributed by atoms with van der Waals surface area (Å²) in [6, 6.07) is 15.7. The maximum atomic E-state index is 12.8. The number of nitriles is 1. The summed E-state index contributed by atoms with van der Waals surface area (Å²) in [5, 5.41) is 9.60. The van der Waals surface area contributed by atoms with Crippen LogP contribution in [0.1, 0.15) is 130 Å². The Kier molecular flexibility index (Phi) is 10.2. The highest BCUT2D eigenvalue weighted by molar-refractivity contribution is 5.91. The summed E-state index contributed by atoms with van der Waals surface area (Å²) in [6.07, 6.45) is 14.0. The molecule has 3 nitrogen and oxygen atoms in total. The molecule has 3 heteroatoms. The minimum absolute atomic E-state index is 0.337. The van der Waals surface area contributed by atoms with Crippen molar-refractivity contribution in [2.45, 2.75) is 103 Å². The van der Waals surface area contributed by atoms with E-state index in [1.807, 2.05) is 24.3 Å². The number of carbonyl (C=O) groups excluding carboxylic acids is 1. The predicted octanol–water partition coefficient (Wildman–Crippen LogP) is 8.93. The molecule has 1 atom stereocenters. The van der Waals surface area contributed by atoms with Crippen molar-refractivity contribution in [3.8, 4) is 11.8 Å². The van der Waals surface area contributed by atoms with E-state index in [0.717, 1.165) is 30.7 Å². The van der Waals surface area contributed by atoms with Gasteiger partial charge < -0.3 is 4.74 Å². The molecule has 0 spiro atoms. The Morgan fingerprint density at radius 2 is 1.71 bits per heavy atom. The second-order valence-electron chi connectivity index (χ2n) is 10.1. The Bertz CT molecular complexity index is 948. The van der Waals surface area contributed by atoms with Crippen LogP contribution < -0.4 is 4.74 Å². The van der Waals surface area contributed by atoms with Gasteiger partial charge in [-0.15, -0.1) is 0 Å². The summed E-state index contributed by atoms with van der Waals surface area (Å²) in [4.78, 5) is 12.8. The molecule has 182 valence electrons. The first-order chi connectivity index (χ1) is 16.5. The van der Waals surface area contributed by atoms with Crippen LogP contribution in [0.3, 0.4) is 0 Å². The van der Waals surface area contributed by atoms with E-state index < -0.39 is 5.97 Å². The highest BCUT2D eigenvalue weighted by Gasteiger charge is 2.22. The van der Waals surface area contributed by atoms with Gasteiger partial charge in [0.1, 0.15) is 11.8 Å². The topological polar surface area (TPSA) is 50.1 Å². The molecule has 1 aliphatic carbocycles. The molecule has 34 heavy (non-hydrogen) atoms. The standard InChI is InChI=1S/C31H41NO2/c1-4-6-8-10-24-11-13-25(14-12-24)26-15-17-27(18-16-26)31(33)34-30-20-19-28(21-29(30)22-32)23(3)9-7-5-2/h15-21,23-25H,4-14H2,1-3H3. The molecule has 0 aromatic heterocycles. The average molecular weight is 460 g/mol. The molecule has 0 saturated heterocycles. The first-order valence-corrected chi connectivity index (χ1v) is 13.4. The summed E-state index contributed by atoms with van der Waals surface area (Å²) in [6.45, 7) is 6.63. The zero-order valence-corrected chi connectivity index (χ0v) is 21.3. The van der Waals surface area contributed by atoms with Gasteiger partial charge in [-0.2, -0.15) is 5.26 Å². The van der Waals surface area contributed by atoms with Crippen LogP contribution in [-0.4, -0.2) is 5.97 Å². The van der Waals surface area contributed by atoms with Gasteiger partial charge in [0.15, 0.2) is 0 Å². The minimum Gasteiger partial charge on any atom is -0.422 e. The highest BCUT2D eigenvalue weighted by Crippen LogP contribution is 2.38. The number of esters is 1. The van der Waals surface area contributed by atoms with Gasteiger partial charge in [-0.25, -0.2) is 4.79 Å². The molecule has 2 aromatic carbocycles. The fourth-order valence-corrected chi connectivity index (χ4v) is 5.23. The van der Waals surface area contributed by atoms with Gasteiger partial charge in [-0.1, -0.05) is 77.5 Å². The molecule has 0 bridgehead atoms. The molecular formula is C31H41NO2. The molecular weight excluding hydrogens is 418 g/mol. The number of unbranched alkanes of at least 4 members (excludes halogenated alkanes) is 3. The number of ether oxygens (including phenoxy) is 1. The maximum absolute atomic E-state index is 12.8. The Labute approximate surface area is 206 Å². The average Bonchev–Trinajstić information content (AvgIpc) is 2.88. The van der Waals surface area contributed by atoms with E-state index in [9.17, 15) is 10.1 Å². The van der Waals surface area contributed by atoms with Gasteiger partial charge in [-0.05, 0) is 85.3 Å². The summed E-state index contributed by atoms with van der Waals surface area (Å²) in [5.41, 5.74) is 3.39. The number of hydrogen-bond donors (Lipinski definition) is 0. The number of hydrogen-bond acceptors (Lipinski definition) is 3. The number of benzene rings is 2. The van der Waals surface area contributed by atoms with Crippen LogP contribution in [0.5, 0.6) is 5.75 Å². The monoisotopic (exact) mass is 459 g/mol. The first-order valence-electron chi connectivity index (χ1n) is 13.4. The summed E-state index contributed by atoms with van der Waals surface area (Å²) in [5.74, 6) is 1.81. The zero-order chi connectivity index (χ0) is 24.3. The molecule has 1 unspecified atom stereocenters. The third-order valence-electron chi connectivity index (χ3n) is 7.57. The van der Waals surface area contributed by atoms with Crippen LogP contribution in [0.4, 0.5) is 0 Å². The Morgan fingerprint density at radius 3 is 2.35 bits per heavy atom. The normalized spacial score (nSPS) is 18.8. The fourth-order valence-electron chi connectivity index (χ4n) is 5.23. The number of carbonyl (C=O) groups is 1. The third-order valence-corrected chi connectivity index (χ3v) is 7.57. The second kappa shape index (κ2) is 13.3. The van der Waals surface area contributed by atoms with Gasteiger partial charge in [-0.3, -0.25) is 0 Å². The van der Waals surface area contributed by atoms with Crippen LogP contribution in [0, 0.1) is 17.2 Å². The summed E-state index contributed by atoms with van der Waals surface area (Å²) < 4.78 is 5.62. The van der Waals surface area contributed by atoms with Gasteiger partial charge in [0.2, 0.25) is 0 Å². The van der Waals surface area contributed by atoms with Crippen molar-refractivity contribution < 1.29 is 9.53 Å². The maximum Gasteiger partial charge on any atom is 0.343 e. The van der Waals surface area contributed by atoms with Crippen molar-refractivity contribution in [3.63, 3.8) is 0 Å². The van der Waals surface area contributed by atoms with Gasteiger partial charge >= 0.3 is 5.97 Å². The summed E-state index contributed by atoms with van der Waals surface area (Å²) >= 11 is 0. The molecule has 1 aliphatic rings. The van der Waals surface area contributed by atoms with E-state index >= 15 is 0 Å². The van der Waals surface area contributed by atoms with Crippen LogP contribution in [0.15, 0.2) is 42.5 Å². The molecule has 2 aromatic rings. The van der Waals surface area contributed by atoms with Crippen LogP contribution >= 0.6 is 0 Å². The Hall–Kier alpha value is -2.60. The van der Waals surface area contributed by atoms with Gasteiger partial charge in [0.05, 0.1) is 11.1 Å². The SMILES string of the molecule is CCCCCC1CCC(c2ccc(C(=O)Oc3ccc(C(C)CCCC)cc3C#N)cc2)CC1. The highest BCUT2D eigenvalue weighted by atomic mass is 16.5. The second-order valence-corrected chi connectivity index (χ2v) is 10.1. The molecule has 0 radical (unpaired) electrons. The lowest BCUT2D eigenvalue weighted by molar-refractivity contribution is 0.0734.